The van der Waals surface area contributed by atoms with Gasteiger partial charge in [-0.25, -0.2) is 21.6 Å². The van der Waals surface area contributed by atoms with Gasteiger partial charge in [0.05, 0.1) is 16.8 Å². The number of nitrogens with zero attached hydrogens (tertiary/aromatic N) is 1. The van der Waals surface area contributed by atoms with Gasteiger partial charge in [0.25, 0.3) is 5.91 Å². The Morgan fingerprint density at radius 3 is 2.22 bits per heavy atom. The van der Waals surface area contributed by atoms with Crippen molar-refractivity contribution in [2.75, 3.05) is 37.7 Å². The highest BCUT2D eigenvalue weighted by atomic mass is 32.2. The number of sulfonamides is 1. The number of nitrogens with one attached hydrogen (secondary N) is 2. The van der Waals surface area contributed by atoms with Gasteiger partial charge in [-0.15, -0.1) is 0 Å². The minimum absolute atomic E-state index is 0.0497. The second-order valence-electron chi connectivity index (χ2n) is 20.6. The Morgan fingerprint density at radius 2 is 1.56 bits per heavy atom. The van der Waals surface area contributed by atoms with Gasteiger partial charge in [0.15, 0.2) is 9.84 Å². The number of allylic oxidation sites excluding steroid dienone is 3. The molecule has 1 aromatic rings. The molecule has 2 N–H and O–H groups in total. The summed E-state index contributed by atoms with van der Waals surface area (Å²) in [6.07, 6.45) is 14.7. The molecule has 10 heteroatoms. The number of hydrogen-bond acceptors (Lipinski definition) is 7. The topological polar surface area (TPSA) is 113 Å². The maximum Gasteiger partial charge on any atom is 0.264 e. The SMILES string of the molecule is C=C(C)[C@@H]1CC[C@]2(NCCN3CCS(=O)(=O)CC3)CC[C@]3(C)[C@H](CC[C@@H]4[C@@]5(C)CC=C(c6ccc(C(=O)NS(=O)(=O)C7CC7)cc6)C(C)(C)[C@@H]5CC[C@]43C)[C@@H]12. The lowest BCUT2D eigenvalue weighted by Crippen LogP contribution is -2.68. The van der Waals surface area contributed by atoms with E-state index in [-0.39, 0.29) is 38.7 Å². The van der Waals surface area contributed by atoms with E-state index in [1.54, 1.807) is 12.1 Å². The molecule has 1 saturated heterocycles. The van der Waals surface area contributed by atoms with E-state index in [0.29, 0.717) is 61.1 Å². The maximum absolute atomic E-state index is 12.9. The number of amides is 1. The third kappa shape index (κ3) is 6.44. The molecule has 1 amide bonds. The molecule has 0 bridgehead atoms. The normalized spacial score (nSPS) is 40.8. The quantitative estimate of drug-likeness (QED) is 0.248. The molecule has 55 heavy (non-hydrogen) atoms. The Bertz CT molecular complexity index is 1960. The predicted octanol–water partition coefficient (Wildman–Crippen LogP) is 7.63. The standard InChI is InChI=1S/C45H67N3O5S2/c1-30(2)34-16-21-45(46-24-25-48-26-28-54(50,51)29-27-48)23-22-43(6)36(39(34)45)14-15-38-42(5)19-17-35(41(3,4)37(42)18-20-44(38,43)7)31-8-10-32(11-9-31)40(49)47-55(52,53)33-12-13-33/h8-11,17,33-34,36-39,46H,1,12-16,18-29H2,2-7H3,(H,47,49)/t34-,36+,37-,38+,39+,42-,43+,44+,45-/m0/s1. The van der Waals surface area contributed by atoms with E-state index in [1.165, 1.54) is 62.5 Å². The largest absolute Gasteiger partial charge is 0.310 e. The fraction of sp³-hybridized carbons (Fsp3) is 0.756. The van der Waals surface area contributed by atoms with Crippen molar-refractivity contribution >= 4 is 31.3 Å². The van der Waals surface area contributed by atoms with E-state index < -0.39 is 31.0 Å². The lowest BCUT2D eigenvalue weighted by Gasteiger charge is -2.72. The van der Waals surface area contributed by atoms with Gasteiger partial charge in [0.1, 0.15) is 0 Å². The van der Waals surface area contributed by atoms with Gasteiger partial charge >= 0.3 is 0 Å². The molecule has 1 aromatic carbocycles. The van der Waals surface area contributed by atoms with Crippen LogP contribution in [0.4, 0.5) is 0 Å². The fourth-order valence-corrected chi connectivity index (χ4v) is 17.0. The van der Waals surface area contributed by atoms with Crippen LogP contribution in [0.1, 0.15) is 128 Å². The lowest BCUT2D eigenvalue weighted by atomic mass is 9.33. The van der Waals surface area contributed by atoms with Crippen LogP contribution in [-0.2, 0) is 19.9 Å². The van der Waals surface area contributed by atoms with Crippen LogP contribution in [0.3, 0.4) is 0 Å². The van der Waals surface area contributed by atoms with Crippen LogP contribution in [0.5, 0.6) is 0 Å². The monoisotopic (exact) mass is 793 g/mol. The zero-order valence-electron chi connectivity index (χ0n) is 34.4. The lowest BCUT2D eigenvalue weighted by molar-refractivity contribution is -0.219. The first-order valence-corrected chi connectivity index (χ1v) is 24.8. The Balaban J connectivity index is 1.02. The predicted molar refractivity (Wildman–Crippen MR) is 222 cm³/mol. The summed E-state index contributed by atoms with van der Waals surface area (Å²) in [4.78, 5) is 15.2. The average molecular weight is 794 g/mol. The number of hydrogen-bond donors (Lipinski definition) is 2. The molecule has 6 aliphatic carbocycles. The molecular formula is C45H67N3O5S2. The highest BCUT2D eigenvalue weighted by molar-refractivity contribution is 7.91. The van der Waals surface area contributed by atoms with E-state index in [1.807, 2.05) is 12.1 Å². The van der Waals surface area contributed by atoms with Gasteiger partial charge in [-0.3, -0.25) is 4.79 Å². The van der Waals surface area contributed by atoms with Crippen molar-refractivity contribution in [3.63, 3.8) is 0 Å². The third-order valence-electron chi connectivity index (χ3n) is 17.6. The van der Waals surface area contributed by atoms with E-state index in [2.05, 4.69) is 69.1 Å². The molecule has 5 saturated carbocycles. The van der Waals surface area contributed by atoms with E-state index >= 15 is 0 Å². The van der Waals surface area contributed by atoms with Crippen molar-refractivity contribution in [3.8, 4) is 0 Å². The molecule has 8 nitrogen and oxygen atoms in total. The first-order valence-electron chi connectivity index (χ1n) is 21.5. The van der Waals surface area contributed by atoms with Gasteiger partial charge in [-0.2, -0.15) is 0 Å². The Morgan fingerprint density at radius 1 is 0.873 bits per heavy atom. The van der Waals surface area contributed by atoms with Gasteiger partial charge in [0, 0.05) is 37.3 Å². The molecule has 9 atom stereocenters. The van der Waals surface area contributed by atoms with Crippen molar-refractivity contribution in [3.05, 3.63) is 53.6 Å². The summed E-state index contributed by atoms with van der Waals surface area (Å²) in [5.74, 6) is 2.98. The zero-order chi connectivity index (χ0) is 39.4. The Kier molecular flexibility index (Phi) is 9.78. The van der Waals surface area contributed by atoms with Crippen LogP contribution in [0.25, 0.3) is 5.57 Å². The van der Waals surface area contributed by atoms with Gasteiger partial charge in [-0.05, 0) is 152 Å². The first kappa shape index (κ1) is 39.8. The summed E-state index contributed by atoms with van der Waals surface area (Å²) in [5.41, 5.74) is 4.97. The molecule has 6 fully saturated rings. The van der Waals surface area contributed by atoms with Crippen LogP contribution in [0.15, 0.2) is 42.5 Å². The van der Waals surface area contributed by atoms with Gasteiger partial charge in [-0.1, -0.05) is 65.0 Å². The van der Waals surface area contributed by atoms with Gasteiger partial charge in [0.2, 0.25) is 10.0 Å². The molecule has 0 aromatic heterocycles. The molecule has 0 radical (unpaired) electrons. The molecule has 0 unspecified atom stereocenters. The van der Waals surface area contributed by atoms with E-state index in [9.17, 15) is 21.6 Å². The second kappa shape index (κ2) is 13.5. The molecular weight excluding hydrogens is 727 g/mol. The molecule has 1 aliphatic heterocycles. The van der Waals surface area contributed by atoms with Crippen molar-refractivity contribution in [1.29, 1.82) is 0 Å². The summed E-state index contributed by atoms with van der Waals surface area (Å²) >= 11 is 0. The second-order valence-corrected chi connectivity index (χ2v) is 24.8. The Labute approximate surface area is 332 Å². The number of carbonyl (C=O) groups excluding carboxylic acids is 1. The number of carbonyl (C=O) groups is 1. The minimum atomic E-state index is -3.59. The van der Waals surface area contributed by atoms with Crippen LogP contribution < -0.4 is 10.0 Å². The van der Waals surface area contributed by atoms with Crippen molar-refractivity contribution in [1.82, 2.24) is 14.9 Å². The Hall–Kier alpha value is -2.01. The molecule has 304 valence electrons. The van der Waals surface area contributed by atoms with Crippen LogP contribution in [-0.4, -0.2) is 76.1 Å². The van der Waals surface area contributed by atoms with E-state index in [4.69, 9.17) is 0 Å². The smallest absolute Gasteiger partial charge is 0.264 e. The van der Waals surface area contributed by atoms with E-state index in [0.717, 1.165) is 25.1 Å². The van der Waals surface area contributed by atoms with Crippen molar-refractivity contribution in [2.45, 2.75) is 123 Å². The highest BCUT2D eigenvalue weighted by Gasteiger charge is 2.70. The van der Waals surface area contributed by atoms with Crippen LogP contribution in [0.2, 0.25) is 0 Å². The highest BCUT2D eigenvalue weighted by Crippen LogP contribution is 2.76. The summed E-state index contributed by atoms with van der Waals surface area (Å²) < 4.78 is 51.2. The number of sulfone groups is 1. The summed E-state index contributed by atoms with van der Waals surface area (Å²) in [7, 11) is -6.47. The fourth-order valence-electron chi connectivity index (χ4n) is 14.4. The summed E-state index contributed by atoms with van der Waals surface area (Å²) in [5, 5.41) is 3.78. The number of benzene rings is 1. The summed E-state index contributed by atoms with van der Waals surface area (Å²) in [6, 6.07) is 7.62. The first-order chi connectivity index (χ1) is 25.8. The number of rotatable bonds is 9. The molecule has 7 aliphatic rings. The van der Waals surface area contributed by atoms with Gasteiger partial charge < -0.3 is 10.2 Å². The van der Waals surface area contributed by atoms with Crippen molar-refractivity contribution < 1.29 is 21.6 Å². The average Bonchev–Trinajstić information content (AvgIpc) is 3.91. The van der Waals surface area contributed by atoms with Crippen molar-refractivity contribution in [2.24, 2.45) is 51.2 Å². The summed E-state index contributed by atoms with van der Waals surface area (Å²) in [6.45, 7) is 22.9. The van der Waals surface area contributed by atoms with Crippen LogP contribution >= 0.6 is 0 Å². The maximum atomic E-state index is 12.9. The minimum Gasteiger partial charge on any atom is -0.310 e. The molecule has 0 spiro atoms. The zero-order valence-corrected chi connectivity index (χ0v) is 36.0. The molecule has 1 heterocycles. The molecule has 8 rings (SSSR count). The third-order valence-corrected chi connectivity index (χ3v) is 21.1. The number of fused-ring (bicyclic) bond motifs is 7. The van der Waals surface area contributed by atoms with Crippen LogP contribution in [0, 0.1) is 51.2 Å².